The van der Waals surface area contributed by atoms with Gasteiger partial charge in [0.1, 0.15) is 5.82 Å². The van der Waals surface area contributed by atoms with Crippen LogP contribution in [0, 0.1) is 0 Å². The Morgan fingerprint density at radius 1 is 1.06 bits per heavy atom. The summed E-state index contributed by atoms with van der Waals surface area (Å²) in [5.41, 5.74) is 2.98. The lowest BCUT2D eigenvalue weighted by molar-refractivity contribution is 0.0963. The van der Waals surface area contributed by atoms with Crippen molar-refractivity contribution < 1.29 is 4.79 Å². The first-order chi connectivity index (χ1) is 15.2. The smallest absolute Gasteiger partial charge is 0.251 e. The molecular weight excluding hydrogens is 515 g/mol. The number of carbonyl (C=O) groups is 1. The van der Waals surface area contributed by atoms with Crippen molar-refractivity contribution in [2.45, 2.75) is 38.6 Å². The fourth-order valence-corrected chi connectivity index (χ4v) is 3.79. The summed E-state index contributed by atoms with van der Waals surface area (Å²) in [7, 11) is 3.42. The highest BCUT2D eigenvalue weighted by molar-refractivity contribution is 14.0. The van der Waals surface area contributed by atoms with Gasteiger partial charge in [-0.25, -0.2) is 4.98 Å². The summed E-state index contributed by atoms with van der Waals surface area (Å²) in [6.07, 6.45) is 7.82. The van der Waals surface area contributed by atoms with Gasteiger partial charge in [0.2, 0.25) is 0 Å². The Hall–Kier alpha value is -2.36. The number of aliphatic imine (C=N–C) groups is 1. The molecule has 2 aromatic rings. The van der Waals surface area contributed by atoms with Crippen LogP contribution >= 0.6 is 24.0 Å². The van der Waals surface area contributed by atoms with E-state index >= 15 is 0 Å². The summed E-state index contributed by atoms with van der Waals surface area (Å²) >= 11 is 0. The summed E-state index contributed by atoms with van der Waals surface area (Å²) in [4.78, 5) is 23.1. The predicted octanol–water partition coefficient (Wildman–Crippen LogP) is 3.35. The molecule has 2 heterocycles. The second-order valence-corrected chi connectivity index (χ2v) is 7.81. The van der Waals surface area contributed by atoms with Crippen molar-refractivity contribution in [1.82, 2.24) is 20.9 Å². The first-order valence-corrected chi connectivity index (χ1v) is 11.1. The topological polar surface area (TPSA) is 81.6 Å². The normalized spacial score (nSPS) is 14.2. The molecule has 0 bridgehead atoms. The molecule has 174 valence electrons. The highest BCUT2D eigenvalue weighted by atomic mass is 127. The fourth-order valence-electron chi connectivity index (χ4n) is 3.79. The minimum Gasteiger partial charge on any atom is -0.357 e. The van der Waals surface area contributed by atoms with E-state index in [0.717, 1.165) is 43.4 Å². The van der Waals surface area contributed by atoms with Crippen LogP contribution in [0.4, 0.5) is 5.82 Å². The van der Waals surface area contributed by atoms with Gasteiger partial charge in [0, 0.05) is 52.0 Å². The molecule has 1 saturated heterocycles. The van der Waals surface area contributed by atoms with Gasteiger partial charge in [0.05, 0.1) is 0 Å². The zero-order valence-corrected chi connectivity index (χ0v) is 21.4. The summed E-state index contributed by atoms with van der Waals surface area (Å²) in [6, 6.07) is 11.9. The maximum absolute atomic E-state index is 11.8. The van der Waals surface area contributed by atoms with Gasteiger partial charge in [0.25, 0.3) is 5.91 Å². The standard InChI is InChI=1S/C24H34N6O.HI/c1-25-23(31)21-9-7-8-19(16-21)10-13-28-24(26-2)29-18-20-11-12-27-22(17-20)30-14-5-3-4-6-15-30;/h7-9,11-12,16-17H,3-6,10,13-15,18H2,1-2H3,(H,25,31)(H2,26,28,29);1H. The Labute approximate surface area is 208 Å². The third-order valence-corrected chi connectivity index (χ3v) is 5.55. The monoisotopic (exact) mass is 550 g/mol. The molecule has 3 N–H and O–H groups in total. The molecule has 0 spiro atoms. The largest absolute Gasteiger partial charge is 0.357 e. The number of rotatable bonds is 7. The maximum Gasteiger partial charge on any atom is 0.251 e. The molecule has 7 nitrogen and oxygen atoms in total. The Balaban J connectivity index is 0.00000363. The number of aromatic nitrogens is 1. The van der Waals surface area contributed by atoms with Crippen molar-refractivity contribution in [2.75, 3.05) is 38.6 Å². The zero-order valence-electron chi connectivity index (χ0n) is 19.1. The van der Waals surface area contributed by atoms with Gasteiger partial charge in [0.15, 0.2) is 5.96 Å². The van der Waals surface area contributed by atoms with Crippen LogP contribution in [0.5, 0.6) is 0 Å². The van der Waals surface area contributed by atoms with Crippen LogP contribution in [0.2, 0.25) is 0 Å². The van der Waals surface area contributed by atoms with E-state index in [2.05, 4.69) is 36.9 Å². The van der Waals surface area contributed by atoms with E-state index in [0.29, 0.717) is 12.1 Å². The van der Waals surface area contributed by atoms with Crippen molar-refractivity contribution in [3.63, 3.8) is 0 Å². The molecule has 0 aliphatic carbocycles. The van der Waals surface area contributed by atoms with Gasteiger partial charge in [-0.3, -0.25) is 9.79 Å². The first kappa shape index (κ1) is 25.9. The van der Waals surface area contributed by atoms with Crippen LogP contribution in [-0.2, 0) is 13.0 Å². The van der Waals surface area contributed by atoms with E-state index in [-0.39, 0.29) is 29.9 Å². The average Bonchev–Trinajstić information content (AvgIpc) is 3.11. The number of hydrogen-bond acceptors (Lipinski definition) is 4. The molecule has 1 aromatic carbocycles. The number of halogens is 1. The first-order valence-electron chi connectivity index (χ1n) is 11.1. The lowest BCUT2D eigenvalue weighted by Crippen LogP contribution is -2.38. The van der Waals surface area contributed by atoms with Crippen LogP contribution in [0.25, 0.3) is 0 Å². The Morgan fingerprint density at radius 3 is 2.56 bits per heavy atom. The van der Waals surface area contributed by atoms with Crippen molar-refractivity contribution in [1.29, 1.82) is 0 Å². The number of nitrogens with zero attached hydrogens (tertiary/aromatic N) is 3. The molecule has 8 heteroatoms. The number of amides is 1. The molecule has 1 amide bonds. The van der Waals surface area contributed by atoms with Gasteiger partial charge in [-0.15, -0.1) is 24.0 Å². The van der Waals surface area contributed by atoms with Gasteiger partial charge in [-0.1, -0.05) is 25.0 Å². The third kappa shape index (κ3) is 7.96. The zero-order chi connectivity index (χ0) is 21.9. The number of nitrogens with one attached hydrogen (secondary N) is 3. The molecule has 1 fully saturated rings. The van der Waals surface area contributed by atoms with Gasteiger partial charge >= 0.3 is 0 Å². The second kappa shape index (κ2) is 13.9. The summed E-state index contributed by atoms with van der Waals surface area (Å²) in [6.45, 7) is 3.60. The lowest BCUT2D eigenvalue weighted by Gasteiger charge is -2.22. The minimum absolute atomic E-state index is 0. The van der Waals surface area contributed by atoms with E-state index in [1.807, 2.05) is 36.5 Å². The fraction of sp³-hybridized carbons (Fsp3) is 0.458. The van der Waals surface area contributed by atoms with Crippen molar-refractivity contribution in [3.05, 3.63) is 59.3 Å². The number of carbonyl (C=O) groups excluding carboxylic acids is 1. The van der Waals surface area contributed by atoms with Crippen LogP contribution in [0.3, 0.4) is 0 Å². The molecule has 3 rings (SSSR count). The summed E-state index contributed by atoms with van der Waals surface area (Å²) in [5.74, 6) is 1.76. The van der Waals surface area contributed by atoms with E-state index in [9.17, 15) is 4.79 Å². The number of guanidine groups is 1. The number of pyridine rings is 1. The molecule has 1 aliphatic heterocycles. The van der Waals surface area contributed by atoms with Crippen LogP contribution in [0.1, 0.15) is 47.2 Å². The molecule has 0 atom stereocenters. The Bertz CT molecular complexity index is 880. The molecule has 32 heavy (non-hydrogen) atoms. The number of anilines is 1. The van der Waals surface area contributed by atoms with Gasteiger partial charge in [-0.2, -0.15) is 0 Å². The van der Waals surface area contributed by atoms with E-state index in [4.69, 9.17) is 0 Å². The maximum atomic E-state index is 11.8. The van der Waals surface area contributed by atoms with Crippen LogP contribution in [0.15, 0.2) is 47.6 Å². The molecular formula is C24H35IN6O. The van der Waals surface area contributed by atoms with E-state index in [1.165, 1.54) is 31.2 Å². The minimum atomic E-state index is -0.0656. The molecule has 1 aromatic heterocycles. The molecule has 0 saturated carbocycles. The second-order valence-electron chi connectivity index (χ2n) is 7.81. The summed E-state index contributed by atoms with van der Waals surface area (Å²) in [5, 5.41) is 9.39. The summed E-state index contributed by atoms with van der Waals surface area (Å²) < 4.78 is 0. The predicted molar refractivity (Wildman–Crippen MR) is 142 cm³/mol. The van der Waals surface area contributed by atoms with E-state index in [1.54, 1.807) is 14.1 Å². The van der Waals surface area contributed by atoms with Crippen LogP contribution in [-0.4, -0.2) is 50.6 Å². The highest BCUT2D eigenvalue weighted by Gasteiger charge is 2.11. The number of benzene rings is 1. The number of hydrogen-bond donors (Lipinski definition) is 3. The highest BCUT2D eigenvalue weighted by Crippen LogP contribution is 2.18. The SMILES string of the molecule is CN=C(NCCc1cccc(C(=O)NC)c1)NCc1ccnc(N2CCCCCC2)c1.I. The van der Waals surface area contributed by atoms with Crippen LogP contribution < -0.4 is 20.9 Å². The molecule has 0 unspecified atom stereocenters. The molecule has 1 aliphatic rings. The lowest BCUT2D eigenvalue weighted by atomic mass is 10.1. The van der Waals surface area contributed by atoms with Gasteiger partial charge < -0.3 is 20.9 Å². The quantitative estimate of drug-likeness (QED) is 0.280. The van der Waals surface area contributed by atoms with Gasteiger partial charge in [-0.05, 0) is 54.7 Å². The van der Waals surface area contributed by atoms with Crippen molar-refractivity contribution in [2.24, 2.45) is 4.99 Å². The Kier molecular flexibility index (Phi) is 11.3. The molecule has 0 radical (unpaired) electrons. The van der Waals surface area contributed by atoms with Crippen molar-refractivity contribution in [3.8, 4) is 0 Å². The third-order valence-electron chi connectivity index (χ3n) is 5.55. The Morgan fingerprint density at radius 2 is 1.84 bits per heavy atom. The van der Waals surface area contributed by atoms with Crippen molar-refractivity contribution >= 4 is 41.7 Å². The average molecular weight is 550 g/mol. The van der Waals surface area contributed by atoms with E-state index < -0.39 is 0 Å².